The number of methoxy groups -OCH3 is 1. The maximum Gasteiger partial charge on any atom is 0.250 e. The van der Waals surface area contributed by atoms with Gasteiger partial charge in [0.2, 0.25) is 5.91 Å². The van der Waals surface area contributed by atoms with Gasteiger partial charge in [-0.05, 0) is 23.1 Å². The van der Waals surface area contributed by atoms with Crippen molar-refractivity contribution in [2.45, 2.75) is 0 Å². The number of carbonyl (C=O) groups excluding carboxylic acids is 1. The van der Waals surface area contributed by atoms with Crippen molar-refractivity contribution < 1.29 is 9.53 Å². The van der Waals surface area contributed by atoms with Gasteiger partial charge in [0.15, 0.2) is 0 Å². The van der Waals surface area contributed by atoms with Crippen LogP contribution in [0.4, 0.5) is 5.69 Å². The molecule has 0 aliphatic rings. The Kier molecular flexibility index (Phi) is 4.10. The van der Waals surface area contributed by atoms with Crippen LogP contribution in [0.3, 0.4) is 0 Å². The van der Waals surface area contributed by atoms with Crippen LogP contribution in [0.1, 0.15) is 5.56 Å². The Morgan fingerprint density at radius 1 is 1.42 bits per heavy atom. The van der Waals surface area contributed by atoms with Crippen LogP contribution in [0.5, 0.6) is 0 Å². The highest BCUT2D eigenvalue weighted by Crippen LogP contribution is 2.24. The average Bonchev–Trinajstić information content (AvgIpc) is 2.40. The maximum absolute atomic E-state index is 11.6. The molecule has 0 atom stereocenters. The van der Waals surface area contributed by atoms with Crippen molar-refractivity contribution in [3.8, 4) is 0 Å². The van der Waals surface area contributed by atoms with E-state index in [0.717, 1.165) is 22.0 Å². The molecule has 0 aromatic heterocycles. The molecule has 0 heterocycles. The molecule has 0 saturated carbocycles. The van der Waals surface area contributed by atoms with Gasteiger partial charge >= 0.3 is 0 Å². The number of benzene rings is 2. The third kappa shape index (κ3) is 3.08. The lowest BCUT2D eigenvalue weighted by Gasteiger charge is -2.09. The molecule has 5 nitrogen and oxygen atoms in total. The summed E-state index contributed by atoms with van der Waals surface area (Å²) in [6.07, 6.45) is 1.56. The van der Waals surface area contributed by atoms with Gasteiger partial charge in [0, 0.05) is 18.2 Å². The number of carbonyl (C=O) groups is 1. The van der Waals surface area contributed by atoms with E-state index in [9.17, 15) is 4.79 Å². The first-order valence-electron chi connectivity index (χ1n) is 5.79. The Morgan fingerprint density at radius 2 is 2.26 bits per heavy atom. The van der Waals surface area contributed by atoms with Gasteiger partial charge in [-0.2, -0.15) is 5.10 Å². The highest BCUT2D eigenvalue weighted by atomic mass is 16.5. The molecule has 0 spiro atoms. The van der Waals surface area contributed by atoms with Gasteiger partial charge in [0.05, 0.1) is 6.21 Å². The second-order valence-electron chi connectivity index (χ2n) is 4.05. The lowest BCUT2D eigenvalue weighted by molar-refractivity contribution is -0.119. The highest BCUT2D eigenvalue weighted by Gasteiger charge is 2.05. The van der Waals surface area contributed by atoms with Gasteiger partial charge in [0.1, 0.15) is 6.61 Å². The normalized spacial score (nSPS) is 11.0. The molecule has 0 unspecified atom stereocenters. The molecule has 3 N–H and O–H groups in total. The molecule has 0 radical (unpaired) electrons. The lowest BCUT2D eigenvalue weighted by Crippen LogP contribution is -2.17. The van der Waals surface area contributed by atoms with Gasteiger partial charge in [-0.15, -0.1) is 0 Å². The highest BCUT2D eigenvalue weighted by molar-refractivity contribution is 6.04. The number of ether oxygens (including phenoxy) is 1. The topological polar surface area (TPSA) is 76.7 Å². The zero-order valence-corrected chi connectivity index (χ0v) is 10.6. The number of hydrogen-bond donors (Lipinski definition) is 2. The summed E-state index contributed by atoms with van der Waals surface area (Å²) in [6, 6.07) is 11.5. The van der Waals surface area contributed by atoms with Crippen LogP contribution >= 0.6 is 0 Å². The lowest BCUT2D eigenvalue weighted by atomic mass is 10.1. The molecule has 0 saturated heterocycles. The monoisotopic (exact) mass is 257 g/mol. The number of nitrogens with one attached hydrogen (secondary N) is 1. The standard InChI is InChI=1S/C14H15N3O2/c1-19-9-14(18)17-13-4-2-3-11-6-5-10(8-16-15)7-12(11)13/h2-8H,9,15H2,1H3,(H,17,18). The minimum absolute atomic E-state index is 0.0281. The summed E-state index contributed by atoms with van der Waals surface area (Å²) in [6.45, 7) is 0.0281. The number of hydrogen-bond acceptors (Lipinski definition) is 4. The summed E-state index contributed by atoms with van der Waals surface area (Å²) >= 11 is 0. The Bertz CT molecular complexity index is 623. The summed E-state index contributed by atoms with van der Waals surface area (Å²) in [5, 5.41) is 8.28. The van der Waals surface area contributed by atoms with Crippen LogP contribution in [0.2, 0.25) is 0 Å². The SMILES string of the molecule is COCC(=O)Nc1cccc2ccc(C=NN)cc12. The Hall–Kier alpha value is -2.40. The van der Waals surface area contributed by atoms with E-state index >= 15 is 0 Å². The van der Waals surface area contributed by atoms with Gasteiger partial charge in [0.25, 0.3) is 0 Å². The van der Waals surface area contributed by atoms with E-state index in [2.05, 4.69) is 10.4 Å². The molecule has 0 aliphatic heterocycles. The second-order valence-corrected chi connectivity index (χ2v) is 4.05. The fourth-order valence-electron chi connectivity index (χ4n) is 1.88. The molecule has 98 valence electrons. The van der Waals surface area contributed by atoms with E-state index in [0.29, 0.717) is 0 Å². The fraction of sp³-hybridized carbons (Fsp3) is 0.143. The van der Waals surface area contributed by atoms with E-state index in [1.807, 2.05) is 36.4 Å². The van der Waals surface area contributed by atoms with Gasteiger partial charge in [-0.1, -0.05) is 24.3 Å². The van der Waals surface area contributed by atoms with Crippen molar-refractivity contribution >= 4 is 28.6 Å². The minimum atomic E-state index is -0.187. The predicted molar refractivity (Wildman–Crippen MR) is 76.2 cm³/mol. The molecule has 0 aliphatic carbocycles. The molecule has 19 heavy (non-hydrogen) atoms. The van der Waals surface area contributed by atoms with Crippen molar-refractivity contribution in [1.82, 2.24) is 0 Å². The van der Waals surface area contributed by atoms with Crippen LogP contribution in [-0.2, 0) is 9.53 Å². The predicted octanol–water partition coefficient (Wildman–Crippen LogP) is 1.72. The summed E-state index contributed by atoms with van der Waals surface area (Å²) in [7, 11) is 1.48. The first kappa shape index (κ1) is 13.0. The zero-order chi connectivity index (χ0) is 13.7. The number of hydrazone groups is 1. The molecule has 2 aromatic carbocycles. The summed E-state index contributed by atoms with van der Waals surface area (Å²) < 4.78 is 4.80. The Morgan fingerprint density at radius 3 is 3.00 bits per heavy atom. The quantitative estimate of drug-likeness (QED) is 0.497. The van der Waals surface area contributed by atoms with E-state index in [1.54, 1.807) is 6.21 Å². The van der Waals surface area contributed by atoms with Crippen molar-refractivity contribution in [1.29, 1.82) is 0 Å². The van der Waals surface area contributed by atoms with E-state index < -0.39 is 0 Å². The van der Waals surface area contributed by atoms with Crippen LogP contribution < -0.4 is 11.2 Å². The van der Waals surface area contributed by atoms with E-state index in [1.165, 1.54) is 7.11 Å². The Balaban J connectivity index is 2.42. The number of anilines is 1. The molecule has 0 bridgehead atoms. The number of rotatable bonds is 4. The van der Waals surface area contributed by atoms with Crippen molar-refractivity contribution in [3.05, 3.63) is 42.0 Å². The smallest absolute Gasteiger partial charge is 0.250 e. The van der Waals surface area contributed by atoms with Crippen molar-refractivity contribution in [2.24, 2.45) is 10.9 Å². The van der Waals surface area contributed by atoms with Crippen LogP contribution in [0.15, 0.2) is 41.5 Å². The maximum atomic E-state index is 11.6. The van der Waals surface area contributed by atoms with Crippen molar-refractivity contribution in [3.63, 3.8) is 0 Å². The Labute approximate surface area is 111 Å². The van der Waals surface area contributed by atoms with E-state index in [-0.39, 0.29) is 12.5 Å². The molecule has 2 aromatic rings. The first-order valence-corrected chi connectivity index (χ1v) is 5.79. The summed E-state index contributed by atoms with van der Waals surface area (Å²) in [4.78, 5) is 11.6. The minimum Gasteiger partial charge on any atom is -0.375 e. The van der Waals surface area contributed by atoms with Gasteiger partial charge in [-0.3, -0.25) is 4.79 Å². The average molecular weight is 257 g/mol. The first-order chi connectivity index (χ1) is 9.24. The summed E-state index contributed by atoms with van der Waals surface area (Å²) in [5.41, 5.74) is 1.62. The number of nitrogens with zero attached hydrogens (tertiary/aromatic N) is 1. The molecule has 5 heteroatoms. The van der Waals surface area contributed by atoms with Gasteiger partial charge < -0.3 is 15.9 Å². The largest absolute Gasteiger partial charge is 0.375 e. The molecule has 2 rings (SSSR count). The third-order valence-electron chi connectivity index (χ3n) is 2.68. The van der Waals surface area contributed by atoms with Gasteiger partial charge in [-0.25, -0.2) is 0 Å². The number of amides is 1. The van der Waals surface area contributed by atoms with Crippen LogP contribution in [0, 0.1) is 0 Å². The molecular weight excluding hydrogens is 242 g/mol. The molecule has 0 fully saturated rings. The van der Waals surface area contributed by atoms with Crippen molar-refractivity contribution in [2.75, 3.05) is 19.0 Å². The second kappa shape index (κ2) is 5.97. The number of fused-ring (bicyclic) bond motifs is 1. The third-order valence-corrected chi connectivity index (χ3v) is 2.68. The van der Waals surface area contributed by atoms with Crippen LogP contribution in [-0.4, -0.2) is 25.8 Å². The van der Waals surface area contributed by atoms with Crippen LogP contribution in [0.25, 0.3) is 10.8 Å². The summed E-state index contributed by atoms with van der Waals surface area (Å²) in [5.74, 6) is 4.96. The van der Waals surface area contributed by atoms with E-state index in [4.69, 9.17) is 10.6 Å². The molecular formula is C14H15N3O2. The zero-order valence-electron chi connectivity index (χ0n) is 10.6. The number of nitrogens with two attached hydrogens (primary N) is 1. The fourth-order valence-corrected chi connectivity index (χ4v) is 1.88. The molecule has 1 amide bonds.